The Bertz CT molecular complexity index is 1330. The van der Waals surface area contributed by atoms with Crippen molar-refractivity contribution >= 4 is 28.1 Å². The van der Waals surface area contributed by atoms with Crippen LogP contribution in [0.1, 0.15) is 15.9 Å². The summed E-state index contributed by atoms with van der Waals surface area (Å²) in [7, 11) is 1.71. The van der Waals surface area contributed by atoms with Crippen molar-refractivity contribution in [1.82, 2.24) is 4.57 Å². The number of carbonyl (C=O) groups excluding carboxylic acids is 1. The van der Waals surface area contributed by atoms with Gasteiger partial charge in [0, 0.05) is 29.8 Å². The minimum Gasteiger partial charge on any atom is -0.508 e. The van der Waals surface area contributed by atoms with Gasteiger partial charge in [0.05, 0.1) is 16.8 Å². The van der Waals surface area contributed by atoms with Crippen LogP contribution in [0.4, 0.5) is 11.4 Å². The fourth-order valence-electron chi connectivity index (χ4n) is 3.86. The molecule has 1 aliphatic rings. The van der Waals surface area contributed by atoms with Crippen LogP contribution in [-0.4, -0.2) is 15.5 Å². The molecule has 3 aromatic carbocycles. The maximum absolute atomic E-state index is 13.4. The summed E-state index contributed by atoms with van der Waals surface area (Å²) in [6.45, 7) is 0. The van der Waals surface area contributed by atoms with Crippen LogP contribution in [0.3, 0.4) is 0 Å². The molecule has 136 valence electrons. The highest BCUT2D eigenvalue weighted by Gasteiger charge is 2.28. The second-order valence-corrected chi connectivity index (χ2v) is 6.88. The highest BCUT2D eigenvalue weighted by atomic mass is 16.3. The van der Waals surface area contributed by atoms with Gasteiger partial charge in [-0.2, -0.15) is 0 Å². The summed E-state index contributed by atoms with van der Waals surface area (Å²) < 4.78 is 1.56. The molecular weight excluding hydrogens is 352 g/mol. The summed E-state index contributed by atoms with van der Waals surface area (Å²) >= 11 is 0. The predicted molar refractivity (Wildman–Crippen MR) is 109 cm³/mol. The maximum Gasteiger partial charge on any atom is 0.251 e. The third-order valence-electron chi connectivity index (χ3n) is 5.25. The number of phenols is 1. The van der Waals surface area contributed by atoms with E-state index in [1.54, 1.807) is 48.0 Å². The molecule has 28 heavy (non-hydrogen) atoms. The van der Waals surface area contributed by atoms with Gasteiger partial charge in [0.1, 0.15) is 5.75 Å². The molecule has 0 atom stereocenters. The molecule has 1 aromatic heterocycles. The van der Waals surface area contributed by atoms with E-state index in [-0.39, 0.29) is 17.1 Å². The molecule has 5 rings (SSSR count). The molecular formula is C23H16N2O3. The number of nitrogens with one attached hydrogen (secondary N) is 1. The number of pyridine rings is 1. The van der Waals surface area contributed by atoms with E-state index in [4.69, 9.17) is 0 Å². The van der Waals surface area contributed by atoms with Crippen molar-refractivity contribution < 1.29 is 9.90 Å². The van der Waals surface area contributed by atoms with Crippen LogP contribution in [0.2, 0.25) is 0 Å². The third-order valence-corrected chi connectivity index (χ3v) is 5.25. The summed E-state index contributed by atoms with van der Waals surface area (Å²) in [5.41, 5.74) is 4.72. The van der Waals surface area contributed by atoms with Crippen LogP contribution in [-0.2, 0) is 7.05 Å². The van der Waals surface area contributed by atoms with E-state index in [2.05, 4.69) is 5.32 Å². The highest BCUT2D eigenvalue weighted by molar-refractivity contribution is 6.28. The number of aryl methyl sites for hydroxylation is 1. The molecule has 1 heterocycles. The number of carbonyl (C=O) groups is 1. The highest BCUT2D eigenvalue weighted by Crippen LogP contribution is 2.41. The van der Waals surface area contributed by atoms with Crippen LogP contribution in [0.15, 0.2) is 71.5 Å². The van der Waals surface area contributed by atoms with Crippen LogP contribution in [0.5, 0.6) is 5.75 Å². The van der Waals surface area contributed by atoms with Gasteiger partial charge < -0.3 is 15.0 Å². The molecule has 5 nitrogen and oxygen atoms in total. The number of aromatic hydroxyl groups is 1. The number of fused-ring (bicyclic) bond motifs is 2. The van der Waals surface area contributed by atoms with E-state index in [1.807, 2.05) is 30.3 Å². The number of aromatic nitrogens is 1. The van der Waals surface area contributed by atoms with Gasteiger partial charge in [-0.1, -0.05) is 24.3 Å². The van der Waals surface area contributed by atoms with Crippen molar-refractivity contribution in [2.75, 3.05) is 5.32 Å². The Balaban J connectivity index is 1.84. The van der Waals surface area contributed by atoms with Gasteiger partial charge in [-0.15, -0.1) is 0 Å². The lowest BCUT2D eigenvalue weighted by Crippen LogP contribution is -2.21. The van der Waals surface area contributed by atoms with Crippen LogP contribution in [0, 0.1) is 0 Å². The zero-order valence-electron chi connectivity index (χ0n) is 15.1. The Kier molecular flexibility index (Phi) is 3.39. The minimum atomic E-state index is -0.114. The van der Waals surface area contributed by atoms with Gasteiger partial charge in [0.25, 0.3) is 5.56 Å². The summed E-state index contributed by atoms with van der Waals surface area (Å²) in [5.74, 6) is 0.0984. The summed E-state index contributed by atoms with van der Waals surface area (Å²) in [5, 5.41) is 13.6. The largest absolute Gasteiger partial charge is 0.508 e. The molecule has 0 unspecified atom stereocenters. The molecule has 0 saturated heterocycles. The maximum atomic E-state index is 13.4. The second-order valence-electron chi connectivity index (χ2n) is 6.88. The molecule has 5 heteroatoms. The Morgan fingerprint density at radius 1 is 0.857 bits per heavy atom. The number of benzene rings is 3. The molecule has 0 radical (unpaired) electrons. The van der Waals surface area contributed by atoms with Gasteiger partial charge in [-0.3, -0.25) is 9.59 Å². The van der Waals surface area contributed by atoms with Gasteiger partial charge in [-0.25, -0.2) is 0 Å². The fraction of sp³-hybridized carbons (Fsp3) is 0.0435. The first-order valence-corrected chi connectivity index (χ1v) is 8.91. The van der Waals surface area contributed by atoms with Crippen LogP contribution < -0.4 is 10.9 Å². The molecule has 2 N–H and O–H groups in total. The van der Waals surface area contributed by atoms with E-state index in [9.17, 15) is 14.7 Å². The Morgan fingerprint density at radius 3 is 2.32 bits per heavy atom. The first-order chi connectivity index (χ1) is 13.5. The van der Waals surface area contributed by atoms with E-state index in [0.717, 1.165) is 27.7 Å². The Hall–Kier alpha value is -3.86. The number of hydrogen-bond donors (Lipinski definition) is 2. The van der Waals surface area contributed by atoms with Gasteiger partial charge >= 0.3 is 0 Å². The molecule has 0 saturated carbocycles. The van der Waals surface area contributed by atoms with E-state index in [0.29, 0.717) is 16.8 Å². The van der Waals surface area contributed by atoms with Crippen molar-refractivity contribution in [1.29, 1.82) is 0 Å². The van der Waals surface area contributed by atoms with Crippen molar-refractivity contribution in [2.45, 2.75) is 0 Å². The monoisotopic (exact) mass is 368 g/mol. The minimum absolute atomic E-state index is 0.0753. The van der Waals surface area contributed by atoms with Crippen LogP contribution >= 0.6 is 0 Å². The Morgan fingerprint density at radius 2 is 1.57 bits per heavy atom. The van der Waals surface area contributed by atoms with Gasteiger partial charge in [-0.05, 0) is 47.5 Å². The van der Waals surface area contributed by atoms with Crippen LogP contribution in [0.25, 0.3) is 22.0 Å². The molecule has 4 aromatic rings. The molecule has 0 spiro atoms. The number of ketones is 1. The molecule has 0 aliphatic heterocycles. The SMILES string of the molecule is Cn1c(=O)cc2c3c(c(Nc4ccc(O)cc4)ccc31)C(=O)c1ccccc1-2. The lowest BCUT2D eigenvalue weighted by Gasteiger charge is -2.23. The topological polar surface area (TPSA) is 71.3 Å². The van der Waals surface area contributed by atoms with Crippen molar-refractivity contribution in [3.05, 3.63) is 88.2 Å². The quantitative estimate of drug-likeness (QED) is 0.458. The molecule has 1 aliphatic carbocycles. The number of rotatable bonds is 2. The van der Waals surface area contributed by atoms with E-state index < -0.39 is 0 Å². The lowest BCUT2D eigenvalue weighted by molar-refractivity contribution is 0.104. The number of phenolic OH excluding ortho intramolecular Hbond substituents is 1. The zero-order chi connectivity index (χ0) is 19.4. The molecule has 0 bridgehead atoms. The van der Waals surface area contributed by atoms with Crippen molar-refractivity contribution in [2.24, 2.45) is 7.05 Å². The van der Waals surface area contributed by atoms with Gasteiger partial charge in [0.15, 0.2) is 5.78 Å². The zero-order valence-corrected chi connectivity index (χ0v) is 15.1. The fourth-order valence-corrected chi connectivity index (χ4v) is 3.86. The summed E-state index contributed by atoms with van der Waals surface area (Å²) in [6, 6.07) is 19.3. The smallest absolute Gasteiger partial charge is 0.251 e. The van der Waals surface area contributed by atoms with Crippen molar-refractivity contribution in [3.63, 3.8) is 0 Å². The second kappa shape index (κ2) is 5.82. The van der Waals surface area contributed by atoms with Crippen molar-refractivity contribution in [3.8, 4) is 16.9 Å². The predicted octanol–water partition coefficient (Wildman–Crippen LogP) is 4.20. The molecule has 0 amide bonds. The van der Waals surface area contributed by atoms with E-state index in [1.165, 1.54) is 0 Å². The number of anilines is 2. The molecule has 0 fully saturated rings. The lowest BCUT2D eigenvalue weighted by atomic mass is 9.83. The average molecular weight is 368 g/mol. The summed E-state index contributed by atoms with van der Waals surface area (Å²) in [4.78, 5) is 25.9. The number of hydrogen-bond acceptors (Lipinski definition) is 4. The first kappa shape index (κ1) is 16.3. The Labute approximate surface area is 160 Å². The van der Waals surface area contributed by atoms with E-state index >= 15 is 0 Å². The standard InChI is InChI=1S/C23H16N2O3/c1-25-19-11-10-18(24-13-6-8-14(26)9-7-13)22-21(19)17(12-20(25)27)15-4-2-3-5-16(15)23(22)28/h2-12,24,26H,1H3. The van der Waals surface area contributed by atoms with Gasteiger partial charge in [0.2, 0.25) is 0 Å². The first-order valence-electron chi connectivity index (χ1n) is 8.91. The summed E-state index contributed by atoms with van der Waals surface area (Å²) in [6.07, 6.45) is 0. The number of nitrogens with zero attached hydrogens (tertiary/aromatic N) is 1. The average Bonchev–Trinajstić information content (AvgIpc) is 2.71. The third kappa shape index (κ3) is 2.26. The normalized spacial score (nSPS) is 12.1.